The summed E-state index contributed by atoms with van der Waals surface area (Å²) in [5, 5.41) is 0. The molecule has 1 heterocycles. The Balaban J connectivity index is 0. The van der Waals surface area contributed by atoms with Crippen LogP contribution in [-0.4, -0.2) is 4.93 Å². The molecule has 90 valence electrons. The predicted molar refractivity (Wildman–Crippen MR) is 83.5 cm³/mol. The van der Waals surface area contributed by atoms with Crippen molar-refractivity contribution in [2.75, 3.05) is 10.7 Å². The smallest absolute Gasteiger partial charge is 0.0461 e. The lowest BCUT2D eigenvalue weighted by Crippen LogP contribution is -1.84. The van der Waals surface area contributed by atoms with Crippen molar-refractivity contribution in [2.24, 2.45) is 0 Å². The molecule has 1 aliphatic rings. The minimum Gasteiger partial charge on any atom is -0.398 e. The van der Waals surface area contributed by atoms with Gasteiger partial charge in [-0.3, -0.25) is 0 Å². The van der Waals surface area contributed by atoms with E-state index < -0.39 is 0 Å². The normalized spacial score (nSPS) is 12.6. The average molecular weight is 341 g/mol. The number of rotatable bonds is 1. The van der Waals surface area contributed by atoms with Gasteiger partial charge in [0.1, 0.15) is 0 Å². The number of halogens is 1. The van der Waals surface area contributed by atoms with Crippen LogP contribution in [0.2, 0.25) is 0 Å². The van der Waals surface area contributed by atoms with Crippen LogP contribution in [0.4, 0.5) is 5.69 Å². The van der Waals surface area contributed by atoms with Crippen LogP contribution in [0.3, 0.4) is 0 Å². The van der Waals surface area contributed by atoms with Crippen LogP contribution in [0, 0.1) is 6.92 Å². The first-order valence-corrected chi connectivity index (χ1v) is 7.98. The van der Waals surface area contributed by atoms with Gasteiger partial charge in [-0.1, -0.05) is 43.9 Å². The molecule has 0 aliphatic heterocycles. The van der Waals surface area contributed by atoms with Gasteiger partial charge in [-0.15, -0.1) is 11.3 Å². The second-order valence-corrected chi connectivity index (χ2v) is 4.24. The molecule has 0 atom stereocenters. The van der Waals surface area contributed by atoms with Gasteiger partial charge in [-0.25, -0.2) is 0 Å². The number of aryl methyl sites for hydroxylation is 1. The van der Waals surface area contributed by atoms with Crippen LogP contribution in [0.1, 0.15) is 49.8 Å². The second kappa shape index (κ2) is 9.46. The minimum atomic E-state index is 0. The van der Waals surface area contributed by atoms with Crippen molar-refractivity contribution in [1.82, 2.24) is 0 Å². The monoisotopic (exact) mass is 341 g/mol. The standard InChI is InChI=1S/C8H11NS.C2H6.CH3I.CH4/c1-5-4-7(9)8(10-5)6-2-3-6;2*1-2;/h4,6H,2-3,9H2,1H3;1-2H3;1H3;1H4. The molecular formula is C12H24INS. The van der Waals surface area contributed by atoms with Gasteiger partial charge >= 0.3 is 0 Å². The van der Waals surface area contributed by atoms with Gasteiger partial charge in [-0.05, 0) is 36.7 Å². The van der Waals surface area contributed by atoms with E-state index in [4.69, 9.17) is 5.73 Å². The molecule has 0 amide bonds. The zero-order chi connectivity index (χ0) is 11.1. The lowest BCUT2D eigenvalue weighted by atomic mass is 10.3. The molecule has 0 saturated heterocycles. The predicted octanol–water partition coefficient (Wildman–Crippen LogP) is 5.23. The Kier molecular flexibility index (Phi) is 11.1. The molecule has 0 spiro atoms. The summed E-state index contributed by atoms with van der Waals surface area (Å²) < 4.78 is 0. The van der Waals surface area contributed by atoms with Gasteiger partial charge in [0.05, 0.1) is 0 Å². The van der Waals surface area contributed by atoms with Crippen LogP contribution in [0.5, 0.6) is 0 Å². The third-order valence-corrected chi connectivity index (χ3v) is 3.09. The Hall–Kier alpha value is 0.230. The lowest BCUT2D eigenvalue weighted by molar-refractivity contribution is 1.18. The third kappa shape index (κ3) is 5.76. The highest BCUT2D eigenvalue weighted by atomic mass is 127. The van der Waals surface area contributed by atoms with Gasteiger partial charge in [0, 0.05) is 15.4 Å². The molecule has 15 heavy (non-hydrogen) atoms. The molecule has 1 nitrogen and oxygen atoms in total. The summed E-state index contributed by atoms with van der Waals surface area (Å²) in [5.41, 5.74) is 6.81. The maximum absolute atomic E-state index is 5.79. The maximum atomic E-state index is 5.79. The topological polar surface area (TPSA) is 26.0 Å². The van der Waals surface area contributed by atoms with E-state index in [2.05, 4.69) is 35.6 Å². The van der Waals surface area contributed by atoms with Crippen LogP contribution >= 0.6 is 33.9 Å². The summed E-state index contributed by atoms with van der Waals surface area (Å²) in [5.74, 6) is 0.818. The largest absolute Gasteiger partial charge is 0.398 e. The van der Waals surface area contributed by atoms with Crippen molar-refractivity contribution in [3.8, 4) is 0 Å². The van der Waals surface area contributed by atoms with Crippen LogP contribution in [0.15, 0.2) is 6.07 Å². The van der Waals surface area contributed by atoms with Crippen LogP contribution < -0.4 is 5.73 Å². The van der Waals surface area contributed by atoms with Crippen LogP contribution in [-0.2, 0) is 0 Å². The van der Waals surface area contributed by atoms with E-state index in [1.807, 2.05) is 30.1 Å². The fraction of sp³-hybridized carbons (Fsp3) is 0.667. The van der Waals surface area contributed by atoms with Gasteiger partial charge in [-0.2, -0.15) is 0 Å². The van der Waals surface area contributed by atoms with E-state index in [0.29, 0.717) is 0 Å². The molecule has 1 fully saturated rings. The molecule has 0 unspecified atom stereocenters. The highest BCUT2D eigenvalue weighted by molar-refractivity contribution is 14.1. The number of anilines is 1. The highest BCUT2D eigenvalue weighted by Crippen LogP contribution is 2.46. The summed E-state index contributed by atoms with van der Waals surface area (Å²) in [6.45, 7) is 6.12. The van der Waals surface area contributed by atoms with Crippen molar-refractivity contribution < 1.29 is 0 Å². The zero-order valence-electron chi connectivity index (χ0n) is 9.43. The summed E-state index contributed by atoms with van der Waals surface area (Å²) in [7, 11) is 0. The van der Waals surface area contributed by atoms with Crippen molar-refractivity contribution in [1.29, 1.82) is 0 Å². The number of hydrogen-bond acceptors (Lipinski definition) is 2. The zero-order valence-corrected chi connectivity index (χ0v) is 12.4. The van der Waals surface area contributed by atoms with Gasteiger partial charge < -0.3 is 5.73 Å². The van der Waals surface area contributed by atoms with E-state index >= 15 is 0 Å². The summed E-state index contributed by atoms with van der Waals surface area (Å²) in [6, 6.07) is 2.08. The minimum absolute atomic E-state index is 0. The Labute approximate surface area is 113 Å². The Morgan fingerprint density at radius 1 is 1.33 bits per heavy atom. The van der Waals surface area contributed by atoms with Gasteiger partial charge in [0.25, 0.3) is 0 Å². The van der Waals surface area contributed by atoms with Crippen molar-refractivity contribution >= 4 is 39.6 Å². The fourth-order valence-electron chi connectivity index (χ4n) is 1.22. The third-order valence-electron chi connectivity index (χ3n) is 1.86. The first-order chi connectivity index (χ1) is 6.77. The molecule has 3 heteroatoms. The van der Waals surface area contributed by atoms with E-state index in [1.165, 1.54) is 22.6 Å². The van der Waals surface area contributed by atoms with E-state index in [0.717, 1.165) is 11.6 Å². The Morgan fingerprint density at radius 2 is 1.80 bits per heavy atom. The molecule has 1 aromatic rings. The Morgan fingerprint density at radius 3 is 2.07 bits per heavy atom. The summed E-state index contributed by atoms with van der Waals surface area (Å²) in [6.07, 6.45) is 2.70. The number of thiophene rings is 1. The maximum Gasteiger partial charge on any atom is 0.0461 e. The van der Waals surface area contributed by atoms with Gasteiger partial charge in [0.2, 0.25) is 0 Å². The quantitative estimate of drug-likeness (QED) is 0.549. The molecule has 0 radical (unpaired) electrons. The van der Waals surface area contributed by atoms with E-state index in [1.54, 1.807) is 0 Å². The lowest BCUT2D eigenvalue weighted by Gasteiger charge is -1.90. The molecule has 0 bridgehead atoms. The molecule has 1 aromatic heterocycles. The van der Waals surface area contributed by atoms with Crippen molar-refractivity contribution in [2.45, 2.75) is 47.0 Å². The number of alkyl halides is 1. The highest BCUT2D eigenvalue weighted by Gasteiger charge is 2.26. The van der Waals surface area contributed by atoms with E-state index in [-0.39, 0.29) is 7.43 Å². The number of nitrogens with two attached hydrogens (primary N) is 1. The van der Waals surface area contributed by atoms with Crippen LogP contribution in [0.25, 0.3) is 0 Å². The molecule has 0 aromatic carbocycles. The average Bonchev–Trinajstić information content (AvgIpc) is 2.99. The SMILES string of the molecule is C.CC.CI.Cc1cc(N)c(C2CC2)s1. The molecule has 1 saturated carbocycles. The first-order valence-electron chi connectivity index (χ1n) is 5.01. The summed E-state index contributed by atoms with van der Waals surface area (Å²) in [4.78, 5) is 4.74. The van der Waals surface area contributed by atoms with Crippen molar-refractivity contribution in [3.05, 3.63) is 15.8 Å². The molecule has 2 N–H and O–H groups in total. The Bertz CT molecular complexity index is 254. The first kappa shape index (κ1) is 17.6. The van der Waals surface area contributed by atoms with E-state index in [9.17, 15) is 0 Å². The number of hydrogen-bond donors (Lipinski definition) is 1. The molecular weight excluding hydrogens is 317 g/mol. The fourth-order valence-corrected chi connectivity index (χ4v) is 2.33. The summed E-state index contributed by atoms with van der Waals surface area (Å²) >= 11 is 4.01. The molecule has 2 rings (SSSR count). The number of nitrogen functional groups attached to an aromatic ring is 1. The van der Waals surface area contributed by atoms with Crippen molar-refractivity contribution in [3.63, 3.8) is 0 Å². The van der Waals surface area contributed by atoms with Gasteiger partial charge in [0.15, 0.2) is 0 Å². The second-order valence-electron chi connectivity index (χ2n) is 2.95. The molecule has 1 aliphatic carbocycles.